The molecular formula is C9H7BrN2O. The van der Waals surface area contributed by atoms with Crippen LogP contribution in [0.1, 0.15) is 5.56 Å². The molecule has 0 atom stereocenters. The van der Waals surface area contributed by atoms with Crippen LogP contribution in [0.15, 0.2) is 33.8 Å². The predicted molar refractivity (Wildman–Crippen MR) is 53.9 cm³/mol. The van der Waals surface area contributed by atoms with Crippen molar-refractivity contribution in [1.29, 1.82) is 0 Å². The average molecular weight is 239 g/mol. The summed E-state index contributed by atoms with van der Waals surface area (Å²) in [6.45, 7) is 1.96. The zero-order valence-corrected chi connectivity index (χ0v) is 8.58. The first-order valence-corrected chi connectivity index (χ1v) is 4.61. The Bertz CT molecular complexity index is 518. The summed E-state index contributed by atoms with van der Waals surface area (Å²) in [5, 5.41) is 0. The molecule has 3 nitrogen and oxygen atoms in total. The summed E-state index contributed by atoms with van der Waals surface area (Å²) in [6.07, 6.45) is 3.25. The molecule has 0 spiro atoms. The molecule has 13 heavy (non-hydrogen) atoms. The number of aromatic nitrogens is 2. The largest absolute Gasteiger partial charge is 0.269 e. The lowest BCUT2D eigenvalue weighted by molar-refractivity contribution is 1.03. The molecule has 0 bridgehead atoms. The zero-order chi connectivity index (χ0) is 9.42. The van der Waals surface area contributed by atoms with Crippen LogP contribution in [0.2, 0.25) is 0 Å². The van der Waals surface area contributed by atoms with E-state index in [1.165, 1.54) is 16.7 Å². The minimum Gasteiger partial charge on any atom is -0.269 e. The summed E-state index contributed by atoms with van der Waals surface area (Å²) < 4.78 is 2.42. The maximum absolute atomic E-state index is 11.3. The number of rotatable bonds is 0. The molecule has 0 fully saturated rings. The van der Waals surface area contributed by atoms with Gasteiger partial charge in [-0.3, -0.25) is 9.20 Å². The van der Waals surface area contributed by atoms with Gasteiger partial charge in [-0.05, 0) is 34.5 Å². The first-order valence-electron chi connectivity index (χ1n) is 3.82. The third-order valence-electron chi connectivity index (χ3n) is 1.87. The molecular weight excluding hydrogens is 232 g/mol. The van der Waals surface area contributed by atoms with Gasteiger partial charge in [-0.1, -0.05) is 0 Å². The van der Waals surface area contributed by atoms with E-state index in [9.17, 15) is 4.79 Å². The predicted octanol–water partition coefficient (Wildman–Crippen LogP) is 1.77. The fourth-order valence-electron chi connectivity index (χ4n) is 1.15. The first kappa shape index (κ1) is 8.44. The van der Waals surface area contributed by atoms with E-state index in [4.69, 9.17) is 0 Å². The summed E-state index contributed by atoms with van der Waals surface area (Å²) in [6, 6.07) is 3.31. The molecule has 2 aromatic heterocycles. The lowest BCUT2D eigenvalue weighted by atomic mass is 10.3. The molecule has 66 valence electrons. The van der Waals surface area contributed by atoms with Crippen molar-refractivity contribution in [3.63, 3.8) is 0 Å². The van der Waals surface area contributed by atoms with Crippen molar-refractivity contribution >= 4 is 21.6 Å². The highest BCUT2D eigenvalue weighted by Gasteiger charge is 1.99. The Morgan fingerprint density at radius 3 is 3.08 bits per heavy atom. The van der Waals surface area contributed by atoms with Gasteiger partial charge in [0.25, 0.3) is 5.56 Å². The molecule has 2 aromatic rings. The lowest BCUT2D eigenvalue weighted by Crippen LogP contribution is -2.12. The number of fused-ring (bicyclic) bond motifs is 1. The van der Waals surface area contributed by atoms with Gasteiger partial charge in [0.1, 0.15) is 5.65 Å². The quantitative estimate of drug-likeness (QED) is 0.702. The molecule has 0 unspecified atom stereocenters. The summed E-state index contributed by atoms with van der Waals surface area (Å²) in [7, 11) is 0. The van der Waals surface area contributed by atoms with Crippen LogP contribution in [0, 0.1) is 6.92 Å². The fraction of sp³-hybridized carbons (Fsp3) is 0.111. The molecule has 0 radical (unpaired) electrons. The normalized spacial score (nSPS) is 10.6. The molecule has 0 saturated carbocycles. The second-order valence-corrected chi connectivity index (χ2v) is 3.67. The molecule has 0 aromatic carbocycles. The molecule has 0 aliphatic heterocycles. The van der Waals surface area contributed by atoms with E-state index in [2.05, 4.69) is 20.9 Å². The van der Waals surface area contributed by atoms with Crippen LogP contribution in [-0.2, 0) is 0 Å². The van der Waals surface area contributed by atoms with E-state index in [0.717, 1.165) is 10.0 Å². The number of halogens is 1. The standard InChI is InChI=1S/C9H7BrN2O/c1-6-4-8-11-3-2-9(13)12(8)5-7(6)10/h2-5H,1H3. The number of nitrogens with zero attached hydrogens (tertiary/aromatic N) is 2. The first-order chi connectivity index (χ1) is 6.18. The Labute approximate surface area is 83.2 Å². The maximum atomic E-state index is 11.3. The van der Waals surface area contributed by atoms with Crippen molar-refractivity contribution in [1.82, 2.24) is 9.38 Å². The summed E-state index contributed by atoms with van der Waals surface area (Å²) in [4.78, 5) is 15.4. The Kier molecular flexibility index (Phi) is 1.92. The van der Waals surface area contributed by atoms with E-state index in [1.54, 1.807) is 6.20 Å². The van der Waals surface area contributed by atoms with Gasteiger partial charge in [0.05, 0.1) is 0 Å². The van der Waals surface area contributed by atoms with E-state index in [0.29, 0.717) is 5.65 Å². The maximum Gasteiger partial charge on any atom is 0.257 e. The topological polar surface area (TPSA) is 34.4 Å². The minimum atomic E-state index is -0.0642. The van der Waals surface area contributed by atoms with Crippen LogP contribution in [0.25, 0.3) is 5.65 Å². The van der Waals surface area contributed by atoms with Gasteiger partial charge in [0, 0.05) is 22.9 Å². The van der Waals surface area contributed by atoms with Crippen LogP contribution in [-0.4, -0.2) is 9.38 Å². The third-order valence-corrected chi connectivity index (χ3v) is 2.70. The number of pyridine rings is 1. The van der Waals surface area contributed by atoms with Gasteiger partial charge in [0.2, 0.25) is 0 Å². The molecule has 0 amide bonds. The highest BCUT2D eigenvalue weighted by molar-refractivity contribution is 9.10. The van der Waals surface area contributed by atoms with E-state index in [-0.39, 0.29) is 5.56 Å². The summed E-state index contributed by atoms with van der Waals surface area (Å²) in [5.41, 5.74) is 1.68. The van der Waals surface area contributed by atoms with E-state index < -0.39 is 0 Å². The molecule has 2 rings (SSSR count). The molecule has 0 N–H and O–H groups in total. The lowest BCUT2D eigenvalue weighted by Gasteiger charge is -2.02. The average Bonchev–Trinajstić information content (AvgIpc) is 2.09. The summed E-state index contributed by atoms with van der Waals surface area (Å²) >= 11 is 3.36. The van der Waals surface area contributed by atoms with E-state index in [1.807, 2.05) is 13.0 Å². The van der Waals surface area contributed by atoms with Crippen LogP contribution in [0.4, 0.5) is 0 Å². The smallest absolute Gasteiger partial charge is 0.257 e. The Hall–Kier alpha value is -1.16. The molecule has 0 aliphatic carbocycles. The number of hydrogen-bond donors (Lipinski definition) is 0. The monoisotopic (exact) mass is 238 g/mol. The molecule has 4 heteroatoms. The van der Waals surface area contributed by atoms with Crippen LogP contribution >= 0.6 is 15.9 Å². The van der Waals surface area contributed by atoms with Gasteiger partial charge in [-0.25, -0.2) is 4.98 Å². The second kappa shape index (κ2) is 2.96. The molecule has 2 heterocycles. The van der Waals surface area contributed by atoms with Crippen molar-refractivity contribution in [2.45, 2.75) is 6.92 Å². The highest BCUT2D eigenvalue weighted by Crippen LogP contribution is 2.15. The van der Waals surface area contributed by atoms with Crippen LogP contribution in [0.3, 0.4) is 0 Å². The minimum absolute atomic E-state index is 0.0642. The van der Waals surface area contributed by atoms with Crippen molar-refractivity contribution < 1.29 is 0 Å². The summed E-state index contributed by atoms with van der Waals surface area (Å²) in [5.74, 6) is 0. The fourth-order valence-corrected chi connectivity index (χ4v) is 1.47. The van der Waals surface area contributed by atoms with Crippen LogP contribution < -0.4 is 5.56 Å². The Balaban J connectivity index is 2.97. The van der Waals surface area contributed by atoms with Crippen molar-refractivity contribution in [3.8, 4) is 0 Å². The van der Waals surface area contributed by atoms with Crippen molar-refractivity contribution in [2.75, 3.05) is 0 Å². The van der Waals surface area contributed by atoms with Gasteiger partial charge in [0.15, 0.2) is 0 Å². The Morgan fingerprint density at radius 2 is 2.31 bits per heavy atom. The second-order valence-electron chi connectivity index (χ2n) is 2.82. The van der Waals surface area contributed by atoms with Gasteiger partial charge in [-0.2, -0.15) is 0 Å². The van der Waals surface area contributed by atoms with Gasteiger partial charge in [-0.15, -0.1) is 0 Å². The van der Waals surface area contributed by atoms with Crippen molar-refractivity contribution in [2.24, 2.45) is 0 Å². The number of aryl methyl sites for hydroxylation is 1. The van der Waals surface area contributed by atoms with Crippen LogP contribution in [0.5, 0.6) is 0 Å². The molecule has 0 saturated heterocycles. The van der Waals surface area contributed by atoms with Gasteiger partial charge < -0.3 is 0 Å². The van der Waals surface area contributed by atoms with Crippen molar-refractivity contribution in [3.05, 3.63) is 44.9 Å². The van der Waals surface area contributed by atoms with Gasteiger partial charge >= 0.3 is 0 Å². The SMILES string of the molecule is Cc1cc2nccc(=O)n2cc1Br. The third kappa shape index (κ3) is 1.37. The highest BCUT2D eigenvalue weighted by atomic mass is 79.9. The zero-order valence-electron chi connectivity index (χ0n) is 6.99. The molecule has 0 aliphatic rings. The number of hydrogen-bond acceptors (Lipinski definition) is 2. The Morgan fingerprint density at radius 1 is 1.54 bits per heavy atom. The van der Waals surface area contributed by atoms with E-state index >= 15 is 0 Å².